The second kappa shape index (κ2) is 4.26. The summed E-state index contributed by atoms with van der Waals surface area (Å²) in [4.78, 5) is 15.2. The van der Waals surface area contributed by atoms with Crippen LogP contribution in [0.3, 0.4) is 0 Å². The van der Waals surface area contributed by atoms with Crippen molar-refractivity contribution < 1.29 is 9.90 Å². The molecule has 0 saturated carbocycles. The van der Waals surface area contributed by atoms with Gasteiger partial charge in [-0.05, 0) is 35.2 Å². The van der Waals surface area contributed by atoms with E-state index in [4.69, 9.17) is 5.11 Å². The van der Waals surface area contributed by atoms with Gasteiger partial charge in [0.25, 0.3) is 0 Å². The summed E-state index contributed by atoms with van der Waals surface area (Å²) in [7, 11) is 0. The first kappa shape index (κ1) is 11.0. The Morgan fingerprint density at radius 3 is 2.67 bits per heavy atom. The normalized spacial score (nSPS) is 18.9. The average molecular weight is 239 g/mol. The van der Waals surface area contributed by atoms with Gasteiger partial charge in [-0.2, -0.15) is 0 Å². The highest BCUT2D eigenvalue weighted by atomic mass is 16.4. The van der Waals surface area contributed by atoms with E-state index in [-0.39, 0.29) is 0 Å². The van der Waals surface area contributed by atoms with E-state index < -0.39 is 12.0 Å². The fraction of sp³-hybridized carbons (Fsp3) is 0.200. The summed E-state index contributed by atoms with van der Waals surface area (Å²) in [6.45, 7) is 0. The molecule has 0 amide bonds. The van der Waals surface area contributed by atoms with Crippen molar-refractivity contribution in [2.45, 2.75) is 18.9 Å². The topological polar surface area (TPSA) is 49.7 Å². The SMILES string of the molecule is O=C(O)[C@H]1CCC(c2ccc3ccccc3c2)=N1. The number of rotatable bonds is 2. The monoisotopic (exact) mass is 239 g/mol. The van der Waals surface area contributed by atoms with E-state index in [9.17, 15) is 4.79 Å². The van der Waals surface area contributed by atoms with Gasteiger partial charge in [-0.3, -0.25) is 4.99 Å². The van der Waals surface area contributed by atoms with E-state index in [1.807, 2.05) is 18.2 Å². The van der Waals surface area contributed by atoms with Crippen molar-refractivity contribution in [1.29, 1.82) is 0 Å². The molecule has 0 aliphatic carbocycles. The van der Waals surface area contributed by atoms with Crippen LogP contribution in [0.4, 0.5) is 0 Å². The maximum Gasteiger partial charge on any atom is 0.328 e. The van der Waals surface area contributed by atoms with Crippen molar-refractivity contribution >= 4 is 22.5 Å². The molecule has 1 aliphatic rings. The highest BCUT2D eigenvalue weighted by Gasteiger charge is 2.24. The molecule has 1 atom stereocenters. The van der Waals surface area contributed by atoms with Crippen LogP contribution in [0.2, 0.25) is 0 Å². The van der Waals surface area contributed by atoms with Gasteiger partial charge in [0, 0.05) is 5.71 Å². The summed E-state index contributed by atoms with van der Waals surface area (Å²) < 4.78 is 0. The van der Waals surface area contributed by atoms with Crippen LogP contribution in [0, 0.1) is 0 Å². The van der Waals surface area contributed by atoms with E-state index in [0.29, 0.717) is 6.42 Å². The summed E-state index contributed by atoms with van der Waals surface area (Å²) >= 11 is 0. The van der Waals surface area contributed by atoms with Crippen molar-refractivity contribution in [3.8, 4) is 0 Å². The van der Waals surface area contributed by atoms with Gasteiger partial charge in [0.2, 0.25) is 0 Å². The predicted octanol–water partition coefficient (Wildman–Crippen LogP) is 2.88. The molecule has 0 unspecified atom stereocenters. The lowest BCUT2D eigenvalue weighted by molar-refractivity contribution is -0.138. The molecule has 1 aliphatic heterocycles. The minimum atomic E-state index is -0.828. The lowest BCUT2D eigenvalue weighted by Crippen LogP contribution is -2.13. The number of nitrogens with zero attached hydrogens (tertiary/aromatic N) is 1. The van der Waals surface area contributed by atoms with E-state index in [1.165, 1.54) is 5.39 Å². The smallest absolute Gasteiger partial charge is 0.328 e. The van der Waals surface area contributed by atoms with Gasteiger partial charge in [0.1, 0.15) is 6.04 Å². The number of aliphatic imine (C=N–C) groups is 1. The molecule has 0 spiro atoms. The average Bonchev–Trinajstić information content (AvgIpc) is 2.88. The molecule has 90 valence electrons. The predicted molar refractivity (Wildman–Crippen MR) is 71.1 cm³/mol. The van der Waals surface area contributed by atoms with Crippen molar-refractivity contribution in [2.75, 3.05) is 0 Å². The van der Waals surface area contributed by atoms with Crippen LogP contribution in [0.1, 0.15) is 18.4 Å². The van der Waals surface area contributed by atoms with Crippen molar-refractivity contribution in [3.63, 3.8) is 0 Å². The van der Waals surface area contributed by atoms with Gasteiger partial charge in [0.05, 0.1) is 0 Å². The number of fused-ring (bicyclic) bond motifs is 1. The van der Waals surface area contributed by atoms with E-state index in [1.54, 1.807) is 0 Å². The molecule has 2 aromatic rings. The second-order valence-electron chi connectivity index (χ2n) is 4.53. The number of carboxylic acid groups (broad SMARTS) is 1. The van der Waals surface area contributed by atoms with Gasteiger partial charge in [0.15, 0.2) is 0 Å². The molecule has 0 radical (unpaired) electrons. The summed E-state index contributed by atoms with van der Waals surface area (Å²) in [6.07, 6.45) is 1.35. The number of carbonyl (C=O) groups is 1. The van der Waals surface area contributed by atoms with Crippen molar-refractivity contribution in [3.05, 3.63) is 48.0 Å². The summed E-state index contributed by atoms with van der Waals surface area (Å²) in [6, 6.07) is 13.7. The Bertz CT molecular complexity index is 646. The molecular weight excluding hydrogens is 226 g/mol. The van der Waals surface area contributed by atoms with Gasteiger partial charge in [-0.15, -0.1) is 0 Å². The first-order chi connectivity index (χ1) is 8.74. The fourth-order valence-corrected chi connectivity index (χ4v) is 2.36. The molecule has 3 nitrogen and oxygen atoms in total. The Kier molecular flexibility index (Phi) is 2.59. The highest BCUT2D eigenvalue weighted by Crippen LogP contribution is 2.22. The van der Waals surface area contributed by atoms with Gasteiger partial charge < -0.3 is 5.11 Å². The van der Waals surface area contributed by atoms with Crippen LogP contribution in [0.15, 0.2) is 47.5 Å². The molecule has 1 heterocycles. The first-order valence-electron chi connectivity index (χ1n) is 6.03. The standard InChI is InChI=1S/C15H13NO2/c17-15(18)14-8-7-13(16-14)12-6-5-10-3-1-2-4-11(10)9-12/h1-6,9,14H,7-8H2,(H,17,18)/t14-/m1/s1. The molecule has 0 bridgehead atoms. The molecular formula is C15H13NO2. The van der Waals surface area contributed by atoms with Crippen molar-refractivity contribution in [2.24, 2.45) is 4.99 Å². The van der Waals surface area contributed by atoms with E-state index >= 15 is 0 Å². The molecule has 1 N–H and O–H groups in total. The van der Waals surface area contributed by atoms with Crippen LogP contribution < -0.4 is 0 Å². The van der Waals surface area contributed by atoms with Gasteiger partial charge in [-0.25, -0.2) is 4.79 Å². The van der Waals surface area contributed by atoms with E-state index in [2.05, 4.69) is 29.3 Å². The molecule has 3 rings (SSSR count). The van der Waals surface area contributed by atoms with Gasteiger partial charge in [-0.1, -0.05) is 36.4 Å². The Hall–Kier alpha value is -2.16. The Balaban J connectivity index is 2.00. The third kappa shape index (κ3) is 1.88. The highest BCUT2D eigenvalue weighted by molar-refractivity contribution is 6.05. The van der Waals surface area contributed by atoms with Crippen molar-refractivity contribution in [1.82, 2.24) is 0 Å². The quantitative estimate of drug-likeness (QED) is 0.876. The maximum atomic E-state index is 10.9. The molecule has 0 aromatic heterocycles. The van der Waals surface area contributed by atoms with Crippen LogP contribution in [-0.4, -0.2) is 22.8 Å². The summed E-state index contributed by atoms with van der Waals surface area (Å²) in [5.41, 5.74) is 1.95. The zero-order valence-corrected chi connectivity index (χ0v) is 9.84. The minimum absolute atomic E-state index is 0.563. The third-order valence-corrected chi connectivity index (χ3v) is 3.33. The number of carboxylic acids is 1. The number of benzene rings is 2. The van der Waals surface area contributed by atoms with Crippen LogP contribution in [0.5, 0.6) is 0 Å². The maximum absolute atomic E-state index is 10.9. The van der Waals surface area contributed by atoms with Crippen LogP contribution in [-0.2, 0) is 4.79 Å². The van der Waals surface area contributed by atoms with E-state index in [0.717, 1.165) is 23.1 Å². The van der Waals surface area contributed by atoms with Crippen LogP contribution in [0.25, 0.3) is 10.8 Å². The fourth-order valence-electron chi connectivity index (χ4n) is 2.36. The third-order valence-electron chi connectivity index (χ3n) is 3.33. The Morgan fingerprint density at radius 1 is 1.17 bits per heavy atom. The summed E-state index contributed by atoms with van der Waals surface area (Å²) in [5, 5.41) is 11.3. The van der Waals surface area contributed by atoms with Gasteiger partial charge >= 0.3 is 5.97 Å². The Labute approximate surface area is 105 Å². The van der Waals surface area contributed by atoms with Crippen LogP contribution >= 0.6 is 0 Å². The zero-order valence-electron chi connectivity index (χ0n) is 9.84. The Morgan fingerprint density at radius 2 is 1.94 bits per heavy atom. The lowest BCUT2D eigenvalue weighted by atomic mass is 10.0. The molecule has 3 heteroatoms. The second-order valence-corrected chi connectivity index (χ2v) is 4.53. The zero-order chi connectivity index (χ0) is 12.5. The number of hydrogen-bond acceptors (Lipinski definition) is 2. The molecule has 18 heavy (non-hydrogen) atoms. The number of hydrogen-bond donors (Lipinski definition) is 1. The minimum Gasteiger partial charge on any atom is -0.480 e. The lowest BCUT2D eigenvalue weighted by Gasteiger charge is -2.03. The summed E-state index contributed by atoms with van der Waals surface area (Å²) in [5.74, 6) is -0.828. The molecule has 0 fully saturated rings. The first-order valence-corrected chi connectivity index (χ1v) is 6.03. The largest absolute Gasteiger partial charge is 0.480 e. The molecule has 0 saturated heterocycles. The molecule has 2 aromatic carbocycles. The number of aliphatic carboxylic acids is 1.